The summed E-state index contributed by atoms with van der Waals surface area (Å²) in [5.74, 6) is 0.332. The topological polar surface area (TPSA) is 69.9 Å². The van der Waals surface area contributed by atoms with Crippen LogP contribution < -0.4 is 19.6 Å². The van der Waals surface area contributed by atoms with Crippen LogP contribution in [0.4, 0.5) is 0 Å². The van der Waals surface area contributed by atoms with Gasteiger partial charge in [-0.25, -0.2) is 9.79 Å². The number of hydrogen-bond donors (Lipinski definition) is 0. The second kappa shape index (κ2) is 10.5. The summed E-state index contributed by atoms with van der Waals surface area (Å²) in [4.78, 5) is 31.6. The predicted octanol–water partition coefficient (Wildman–Crippen LogP) is 4.35. The van der Waals surface area contributed by atoms with Gasteiger partial charge in [-0.2, -0.15) is 0 Å². The number of nitrogens with zero attached hydrogens (tertiary/aromatic N) is 2. The number of thiazole rings is 1. The molecule has 0 N–H and O–H groups in total. The van der Waals surface area contributed by atoms with Gasteiger partial charge in [0.25, 0.3) is 5.56 Å². The van der Waals surface area contributed by atoms with Crippen molar-refractivity contribution in [1.29, 1.82) is 0 Å². The van der Waals surface area contributed by atoms with E-state index in [0.29, 0.717) is 27.2 Å². The number of halogens is 1. The molecule has 0 aliphatic carbocycles. The lowest BCUT2D eigenvalue weighted by Crippen LogP contribution is -2.39. The molecule has 0 amide bonds. The lowest BCUT2D eigenvalue weighted by atomic mass is 9.96. The Hall–Kier alpha value is -2.97. The minimum absolute atomic E-state index is 0.197. The molecule has 1 unspecified atom stereocenters. The first-order valence-corrected chi connectivity index (χ1v) is 12.7. The van der Waals surface area contributed by atoms with Crippen molar-refractivity contribution in [3.05, 3.63) is 95.1 Å². The van der Waals surface area contributed by atoms with Gasteiger partial charge in [0.2, 0.25) is 0 Å². The Bertz CT molecular complexity index is 1400. The number of allylic oxidation sites excluding steroid dienone is 1. The van der Waals surface area contributed by atoms with Crippen LogP contribution in [0.5, 0.6) is 5.75 Å². The summed E-state index contributed by atoms with van der Waals surface area (Å²) >= 11 is 4.76. The Balaban J connectivity index is 1.83. The molecule has 0 saturated carbocycles. The summed E-state index contributed by atoms with van der Waals surface area (Å²) in [5, 5.41) is 0. The molecule has 0 fully saturated rings. The normalized spacial score (nSPS) is 15.6. The molecule has 0 saturated heterocycles. The second-order valence-corrected chi connectivity index (χ2v) is 9.70. The molecule has 34 heavy (non-hydrogen) atoms. The maximum absolute atomic E-state index is 13.6. The van der Waals surface area contributed by atoms with Gasteiger partial charge in [-0.1, -0.05) is 58.5 Å². The Morgan fingerprint density at radius 3 is 2.50 bits per heavy atom. The average molecular weight is 541 g/mol. The monoisotopic (exact) mass is 540 g/mol. The molecule has 1 atom stereocenters. The SMILES string of the molecule is CCCOc1ccc(/C=c2\sc3n(c2=O)C(c2ccc(Br)cc2)C(C(=O)OCC)=C(C)N=3)cc1. The second-order valence-electron chi connectivity index (χ2n) is 7.77. The predicted molar refractivity (Wildman–Crippen MR) is 137 cm³/mol. The lowest BCUT2D eigenvalue weighted by Gasteiger charge is -2.24. The van der Waals surface area contributed by atoms with Crippen LogP contribution >= 0.6 is 27.3 Å². The third kappa shape index (κ3) is 4.93. The molecular formula is C26H25BrN2O4S. The highest BCUT2D eigenvalue weighted by atomic mass is 79.9. The van der Waals surface area contributed by atoms with Crippen molar-refractivity contribution in [3.63, 3.8) is 0 Å². The zero-order chi connectivity index (χ0) is 24.2. The van der Waals surface area contributed by atoms with Gasteiger partial charge < -0.3 is 9.47 Å². The van der Waals surface area contributed by atoms with Crippen molar-refractivity contribution >= 4 is 39.3 Å². The molecule has 1 aliphatic rings. The van der Waals surface area contributed by atoms with Crippen molar-refractivity contribution in [2.24, 2.45) is 4.99 Å². The lowest BCUT2D eigenvalue weighted by molar-refractivity contribution is -0.139. The summed E-state index contributed by atoms with van der Waals surface area (Å²) < 4.78 is 14.0. The first-order valence-electron chi connectivity index (χ1n) is 11.1. The van der Waals surface area contributed by atoms with Gasteiger partial charge in [-0.15, -0.1) is 0 Å². The number of aromatic nitrogens is 1. The molecule has 3 aromatic rings. The van der Waals surface area contributed by atoms with E-state index in [-0.39, 0.29) is 12.2 Å². The number of benzene rings is 2. The van der Waals surface area contributed by atoms with Gasteiger partial charge in [-0.05, 0) is 61.7 Å². The van der Waals surface area contributed by atoms with Crippen LogP contribution in [-0.2, 0) is 9.53 Å². The number of carbonyl (C=O) groups is 1. The van der Waals surface area contributed by atoms with E-state index in [1.165, 1.54) is 11.3 Å². The molecular weight excluding hydrogens is 516 g/mol. The quantitative estimate of drug-likeness (QED) is 0.417. The van der Waals surface area contributed by atoms with Crippen molar-refractivity contribution in [3.8, 4) is 5.75 Å². The summed E-state index contributed by atoms with van der Waals surface area (Å²) in [7, 11) is 0. The summed E-state index contributed by atoms with van der Waals surface area (Å²) in [5.41, 5.74) is 2.43. The van der Waals surface area contributed by atoms with Gasteiger partial charge >= 0.3 is 5.97 Å². The van der Waals surface area contributed by atoms with E-state index in [1.807, 2.05) is 54.6 Å². The van der Waals surface area contributed by atoms with Crippen LogP contribution in [0, 0.1) is 0 Å². The van der Waals surface area contributed by atoms with Gasteiger partial charge in [0, 0.05) is 4.47 Å². The Morgan fingerprint density at radius 1 is 1.15 bits per heavy atom. The number of ether oxygens (including phenoxy) is 2. The van der Waals surface area contributed by atoms with E-state index in [9.17, 15) is 9.59 Å². The van der Waals surface area contributed by atoms with Crippen LogP contribution in [0.25, 0.3) is 6.08 Å². The van der Waals surface area contributed by atoms with E-state index in [1.54, 1.807) is 18.4 Å². The Morgan fingerprint density at radius 2 is 1.85 bits per heavy atom. The highest BCUT2D eigenvalue weighted by Gasteiger charge is 2.33. The third-order valence-corrected chi connectivity index (χ3v) is 6.87. The largest absolute Gasteiger partial charge is 0.494 e. The zero-order valence-corrected chi connectivity index (χ0v) is 21.6. The number of fused-ring (bicyclic) bond motifs is 1. The van der Waals surface area contributed by atoms with E-state index < -0.39 is 12.0 Å². The molecule has 6 nitrogen and oxygen atoms in total. The van der Waals surface area contributed by atoms with Gasteiger partial charge in [0.15, 0.2) is 4.80 Å². The van der Waals surface area contributed by atoms with Crippen LogP contribution in [0.15, 0.2) is 74.1 Å². The van der Waals surface area contributed by atoms with Crippen LogP contribution in [-0.4, -0.2) is 23.8 Å². The smallest absolute Gasteiger partial charge is 0.338 e. The number of rotatable bonds is 7. The fourth-order valence-corrected chi connectivity index (χ4v) is 5.09. The van der Waals surface area contributed by atoms with E-state index in [0.717, 1.165) is 27.8 Å². The number of esters is 1. The Labute approximate surface area is 210 Å². The van der Waals surface area contributed by atoms with E-state index >= 15 is 0 Å². The van der Waals surface area contributed by atoms with Gasteiger partial charge in [0.1, 0.15) is 5.75 Å². The van der Waals surface area contributed by atoms with Crippen molar-refractivity contribution in [2.45, 2.75) is 33.2 Å². The third-order valence-electron chi connectivity index (χ3n) is 5.35. The zero-order valence-electron chi connectivity index (χ0n) is 19.2. The Kier molecular flexibility index (Phi) is 7.48. The summed E-state index contributed by atoms with van der Waals surface area (Å²) in [6.07, 6.45) is 2.78. The first kappa shape index (κ1) is 24.2. The molecule has 2 heterocycles. The maximum Gasteiger partial charge on any atom is 0.338 e. The average Bonchev–Trinajstić information content (AvgIpc) is 3.12. The first-order chi connectivity index (χ1) is 16.4. The highest BCUT2D eigenvalue weighted by molar-refractivity contribution is 9.10. The van der Waals surface area contributed by atoms with Crippen molar-refractivity contribution in [1.82, 2.24) is 4.57 Å². The standard InChI is InChI=1S/C26H25BrN2O4S/c1-4-14-33-20-12-6-17(7-13-20)15-21-24(30)29-23(18-8-10-19(27)11-9-18)22(25(31)32-5-2)16(3)28-26(29)34-21/h6-13,15,23H,4-5,14H2,1-3H3/b21-15-. The summed E-state index contributed by atoms with van der Waals surface area (Å²) in [6.45, 7) is 6.51. The molecule has 0 bridgehead atoms. The summed E-state index contributed by atoms with van der Waals surface area (Å²) in [6, 6.07) is 14.6. The number of hydrogen-bond acceptors (Lipinski definition) is 6. The van der Waals surface area contributed by atoms with Crippen LogP contribution in [0.3, 0.4) is 0 Å². The van der Waals surface area contributed by atoms with Gasteiger partial charge in [0.05, 0.1) is 35.1 Å². The van der Waals surface area contributed by atoms with Gasteiger partial charge in [-0.3, -0.25) is 9.36 Å². The fraction of sp³-hybridized carbons (Fsp3) is 0.269. The molecule has 1 aliphatic heterocycles. The molecule has 0 radical (unpaired) electrons. The van der Waals surface area contributed by atoms with Crippen LogP contribution in [0.1, 0.15) is 44.4 Å². The van der Waals surface area contributed by atoms with E-state index in [2.05, 4.69) is 27.8 Å². The van der Waals surface area contributed by atoms with Crippen molar-refractivity contribution < 1.29 is 14.3 Å². The molecule has 4 rings (SSSR count). The molecule has 1 aromatic heterocycles. The van der Waals surface area contributed by atoms with Crippen LogP contribution in [0.2, 0.25) is 0 Å². The minimum atomic E-state index is -0.615. The fourth-order valence-electron chi connectivity index (χ4n) is 3.78. The molecule has 8 heteroatoms. The molecule has 176 valence electrons. The molecule has 0 spiro atoms. The van der Waals surface area contributed by atoms with E-state index in [4.69, 9.17) is 9.47 Å². The molecule has 2 aromatic carbocycles. The highest BCUT2D eigenvalue weighted by Crippen LogP contribution is 2.31. The number of carbonyl (C=O) groups excluding carboxylic acids is 1. The van der Waals surface area contributed by atoms with Crippen molar-refractivity contribution in [2.75, 3.05) is 13.2 Å². The minimum Gasteiger partial charge on any atom is -0.494 e. The maximum atomic E-state index is 13.6.